The molecule has 0 aromatic carbocycles. The lowest BCUT2D eigenvalue weighted by molar-refractivity contribution is 0.633. The fourth-order valence-corrected chi connectivity index (χ4v) is 1.17. The molecule has 0 rings (SSSR count). The summed E-state index contributed by atoms with van der Waals surface area (Å²) in [5.74, 6) is 0.714. The largest absolute Gasteiger partial charge is 0.312 e. The lowest BCUT2D eigenvalue weighted by atomic mass is 10.0. The Morgan fingerprint density at radius 2 is 2.00 bits per heavy atom. The quantitative estimate of drug-likeness (QED) is 0.495. The summed E-state index contributed by atoms with van der Waals surface area (Å²) in [7, 11) is 0.512. The van der Waals surface area contributed by atoms with Crippen LogP contribution in [0.3, 0.4) is 0 Å². The van der Waals surface area contributed by atoms with Gasteiger partial charge in [0.05, 0.1) is 0 Å². The summed E-state index contributed by atoms with van der Waals surface area (Å²) in [6, 6.07) is 0. The zero-order valence-corrected chi connectivity index (χ0v) is 8.15. The van der Waals surface area contributed by atoms with Crippen molar-refractivity contribution in [2.45, 2.75) is 32.9 Å². The second kappa shape index (κ2) is 4.87. The van der Waals surface area contributed by atoms with Gasteiger partial charge in [-0.15, -0.1) is 0 Å². The van der Waals surface area contributed by atoms with Gasteiger partial charge in [0.25, 0.3) is 0 Å². The molecule has 0 spiro atoms. The number of nitrogens with two attached hydrogens (primary N) is 1. The van der Waals surface area contributed by atoms with Crippen LogP contribution < -0.4 is 5.50 Å². The lowest BCUT2D eigenvalue weighted by Gasteiger charge is -2.13. The third-order valence-electron chi connectivity index (χ3n) is 1.53. The molecule has 0 saturated carbocycles. The van der Waals surface area contributed by atoms with E-state index in [4.69, 9.17) is 5.50 Å². The number of rotatable bonds is 4. The van der Waals surface area contributed by atoms with Gasteiger partial charge in [-0.25, -0.2) is 0 Å². The van der Waals surface area contributed by atoms with Crippen molar-refractivity contribution in [1.29, 1.82) is 0 Å². The molecule has 2 atom stereocenters. The molecule has 0 bridgehead atoms. The summed E-state index contributed by atoms with van der Waals surface area (Å²) in [6.07, 6.45) is 1.12. The molecule has 0 amide bonds. The first-order valence-electron chi connectivity index (χ1n) is 3.71. The van der Waals surface area contributed by atoms with Crippen molar-refractivity contribution < 1.29 is 0 Å². The molecular formula is C8H18NP. The first-order valence-corrected chi connectivity index (χ1v) is 4.87. The highest BCUT2D eigenvalue weighted by molar-refractivity contribution is 7.36. The van der Waals surface area contributed by atoms with Crippen LogP contribution in [0.1, 0.15) is 27.2 Å². The maximum absolute atomic E-state index is 5.52. The summed E-state index contributed by atoms with van der Waals surface area (Å²) < 4.78 is 0. The summed E-state index contributed by atoms with van der Waals surface area (Å²) in [4.78, 5) is 0. The molecule has 0 aliphatic rings. The van der Waals surface area contributed by atoms with Gasteiger partial charge in [0, 0.05) is 5.66 Å². The average molecular weight is 159 g/mol. The normalized spacial score (nSPS) is 14.9. The molecule has 0 aliphatic heterocycles. The molecule has 0 radical (unpaired) electrons. The van der Waals surface area contributed by atoms with Crippen LogP contribution in [0.2, 0.25) is 0 Å². The SMILES string of the molecule is C=C(CC(C)C)C(C)PN. The molecule has 2 heteroatoms. The van der Waals surface area contributed by atoms with Crippen molar-refractivity contribution in [3.63, 3.8) is 0 Å². The average Bonchev–Trinajstić information content (AvgIpc) is 1.85. The first-order chi connectivity index (χ1) is 4.57. The summed E-state index contributed by atoms with van der Waals surface area (Å²) in [6.45, 7) is 10.5. The summed E-state index contributed by atoms with van der Waals surface area (Å²) in [5.41, 5.74) is 7.33. The molecule has 0 fully saturated rings. The second-order valence-electron chi connectivity index (χ2n) is 3.14. The Labute approximate surface area is 65.9 Å². The van der Waals surface area contributed by atoms with Gasteiger partial charge >= 0.3 is 0 Å². The van der Waals surface area contributed by atoms with Crippen molar-refractivity contribution in [3.8, 4) is 0 Å². The van der Waals surface area contributed by atoms with E-state index in [-0.39, 0.29) is 0 Å². The predicted octanol–water partition coefficient (Wildman–Crippen LogP) is 2.53. The maximum atomic E-state index is 5.52. The number of hydrogen-bond acceptors (Lipinski definition) is 1. The van der Waals surface area contributed by atoms with Crippen LogP contribution in [0.4, 0.5) is 0 Å². The van der Waals surface area contributed by atoms with Crippen molar-refractivity contribution in [2.75, 3.05) is 0 Å². The molecule has 0 aliphatic carbocycles. The van der Waals surface area contributed by atoms with Crippen molar-refractivity contribution in [1.82, 2.24) is 0 Å². The van der Waals surface area contributed by atoms with Crippen LogP contribution in [0.25, 0.3) is 0 Å². The summed E-state index contributed by atoms with van der Waals surface area (Å²) >= 11 is 0. The Hall–Kier alpha value is 0.130. The topological polar surface area (TPSA) is 26.0 Å². The highest BCUT2D eigenvalue weighted by Crippen LogP contribution is 2.22. The molecule has 2 unspecified atom stereocenters. The molecular weight excluding hydrogens is 141 g/mol. The standard InChI is InChI=1S/C8H18NP/c1-6(2)5-7(3)8(4)10-9/h6,8,10H,3,5,9H2,1-2,4H3. The van der Waals surface area contributed by atoms with Crippen LogP contribution in [0.15, 0.2) is 12.2 Å². The third kappa shape index (κ3) is 4.03. The van der Waals surface area contributed by atoms with E-state index in [9.17, 15) is 0 Å². The van der Waals surface area contributed by atoms with Gasteiger partial charge in [-0.2, -0.15) is 0 Å². The van der Waals surface area contributed by atoms with Crippen LogP contribution in [0, 0.1) is 5.92 Å². The van der Waals surface area contributed by atoms with Gasteiger partial charge in [-0.05, 0) is 21.1 Å². The van der Waals surface area contributed by atoms with Gasteiger partial charge < -0.3 is 5.50 Å². The second-order valence-corrected chi connectivity index (χ2v) is 4.34. The van der Waals surface area contributed by atoms with Crippen LogP contribution in [0.5, 0.6) is 0 Å². The molecule has 10 heavy (non-hydrogen) atoms. The van der Waals surface area contributed by atoms with E-state index in [0.29, 0.717) is 20.3 Å². The van der Waals surface area contributed by atoms with Gasteiger partial charge in [0.15, 0.2) is 0 Å². The molecule has 0 aromatic rings. The van der Waals surface area contributed by atoms with Crippen LogP contribution in [-0.4, -0.2) is 5.66 Å². The highest BCUT2D eigenvalue weighted by atomic mass is 31.1. The fourth-order valence-electron chi connectivity index (χ4n) is 0.819. The minimum Gasteiger partial charge on any atom is -0.312 e. The van der Waals surface area contributed by atoms with Crippen molar-refractivity contribution >= 4 is 8.73 Å². The number of hydrogen-bond donors (Lipinski definition) is 1. The maximum Gasteiger partial charge on any atom is 0.00704 e. The minimum absolute atomic E-state index is 0.512. The van der Waals surface area contributed by atoms with E-state index in [1.807, 2.05) is 0 Å². The molecule has 2 N–H and O–H groups in total. The van der Waals surface area contributed by atoms with E-state index >= 15 is 0 Å². The number of allylic oxidation sites excluding steroid dienone is 1. The monoisotopic (exact) mass is 159 g/mol. The lowest BCUT2D eigenvalue weighted by Crippen LogP contribution is -2.03. The zero-order valence-electron chi connectivity index (χ0n) is 7.15. The van der Waals surface area contributed by atoms with Gasteiger partial charge in [0.1, 0.15) is 0 Å². The highest BCUT2D eigenvalue weighted by Gasteiger charge is 2.05. The zero-order chi connectivity index (χ0) is 8.15. The molecule has 0 heterocycles. The van der Waals surface area contributed by atoms with Crippen LogP contribution in [-0.2, 0) is 0 Å². The van der Waals surface area contributed by atoms with Crippen molar-refractivity contribution in [2.24, 2.45) is 11.4 Å². The molecule has 60 valence electrons. The Morgan fingerprint density at radius 3 is 2.30 bits per heavy atom. The molecule has 1 nitrogen and oxygen atoms in total. The Kier molecular flexibility index (Phi) is 4.93. The minimum atomic E-state index is 0.512. The van der Waals surface area contributed by atoms with E-state index in [1.54, 1.807) is 0 Å². The van der Waals surface area contributed by atoms with Gasteiger partial charge in [-0.3, -0.25) is 0 Å². The third-order valence-corrected chi connectivity index (χ3v) is 2.44. The van der Waals surface area contributed by atoms with Crippen LogP contribution >= 0.6 is 8.73 Å². The fraction of sp³-hybridized carbons (Fsp3) is 0.750. The van der Waals surface area contributed by atoms with E-state index in [2.05, 4.69) is 27.4 Å². The Morgan fingerprint density at radius 1 is 1.50 bits per heavy atom. The first kappa shape index (κ1) is 10.1. The van der Waals surface area contributed by atoms with E-state index in [1.165, 1.54) is 5.57 Å². The predicted molar refractivity (Wildman–Crippen MR) is 50.6 cm³/mol. The van der Waals surface area contributed by atoms with Gasteiger partial charge in [-0.1, -0.05) is 32.9 Å². The van der Waals surface area contributed by atoms with Gasteiger partial charge in [0.2, 0.25) is 0 Å². The van der Waals surface area contributed by atoms with E-state index < -0.39 is 0 Å². The van der Waals surface area contributed by atoms with Crippen molar-refractivity contribution in [3.05, 3.63) is 12.2 Å². The van der Waals surface area contributed by atoms with E-state index in [0.717, 1.165) is 6.42 Å². The Bertz CT molecular complexity index is 110. The Balaban J connectivity index is 3.62. The molecule has 0 aromatic heterocycles. The smallest absolute Gasteiger partial charge is 0.00704 e. The molecule has 0 saturated heterocycles. The summed E-state index contributed by atoms with van der Waals surface area (Å²) in [5, 5.41) is 0.